The maximum atomic E-state index is 13.2. The Labute approximate surface area is 201 Å². The summed E-state index contributed by atoms with van der Waals surface area (Å²) in [6, 6.07) is 15.3. The molecule has 0 saturated heterocycles. The number of carbonyl (C=O) groups is 2. The zero-order chi connectivity index (χ0) is 24.6. The highest BCUT2D eigenvalue weighted by molar-refractivity contribution is 7.92. The Bertz CT molecular complexity index is 1040. The summed E-state index contributed by atoms with van der Waals surface area (Å²) < 4.78 is 25.9. The molecule has 0 aliphatic carbocycles. The van der Waals surface area contributed by atoms with Gasteiger partial charge in [0, 0.05) is 30.6 Å². The molecule has 1 atom stereocenters. The number of amides is 2. The average molecular weight is 494 g/mol. The van der Waals surface area contributed by atoms with Crippen molar-refractivity contribution in [1.82, 2.24) is 10.2 Å². The minimum atomic E-state index is -3.56. The quantitative estimate of drug-likeness (QED) is 0.515. The summed E-state index contributed by atoms with van der Waals surface area (Å²) in [5.41, 5.74) is 1.36. The van der Waals surface area contributed by atoms with Crippen molar-refractivity contribution in [3.05, 3.63) is 65.2 Å². The molecule has 9 heteroatoms. The topological polar surface area (TPSA) is 86.8 Å². The van der Waals surface area contributed by atoms with E-state index in [1.54, 1.807) is 31.2 Å². The summed E-state index contributed by atoms with van der Waals surface area (Å²) in [7, 11) is -3.56. The van der Waals surface area contributed by atoms with E-state index in [2.05, 4.69) is 5.32 Å². The van der Waals surface area contributed by atoms with Gasteiger partial charge in [-0.2, -0.15) is 0 Å². The van der Waals surface area contributed by atoms with E-state index in [4.69, 9.17) is 11.6 Å². The van der Waals surface area contributed by atoms with Crippen molar-refractivity contribution in [3.63, 3.8) is 0 Å². The zero-order valence-electron chi connectivity index (χ0n) is 19.5. The van der Waals surface area contributed by atoms with Gasteiger partial charge in [0.05, 0.1) is 11.9 Å². The summed E-state index contributed by atoms with van der Waals surface area (Å²) in [6.45, 7) is 5.84. The van der Waals surface area contributed by atoms with Gasteiger partial charge in [0.25, 0.3) is 0 Å². The lowest BCUT2D eigenvalue weighted by molar-refractivity contribution is -0.140. The monoisotopic (exact) mass is 493 g/mol. The molecule has 2 amide bonds. The summed E-state index contributed by atoms with van der Waals surface area (Å²) in [5, 5.41) is 3.28. The summed E-state index contributed by atoms with van der Waals surface area (Å²) in [6.07, 6.45) is 1.51. The molecule has 0 bridgehead atoms. The third-order valence-electron chi connectivity index (χ3n) is 5.04. The normalized spacial score (nSPS) is 12.3. The molecular weight excluding hydrogens is 462 g/mol. The van der Waals surface area contributed by atoms with Gasteiger partial charge in [0.15, 0.2) is 0 Å². The molecule has 0 heterocycles. The van der Waals surface area contributed by atoms with Gasteiger partial charge >= 0.3 is 0 Å². The van der Waals surface area contributed by atoms with Gasteiger partial charge in [-0.15, -0.1) is 0 Å². The Morgan fingerprint density at radius 2 is 1.70 bits per heavy atom. The molecule has 0 aliphatic rings. The SMILES string of the molecule is CC(C)NC(=O)[C@H](C)N(Cc1ccccc1)C(=O)CCCN(c1cccc(Cl)c1)S(C)(=O)=O. The predicted octanol–water partition coefficient (Wildman–Crippen LogP) is 3.83. The minimum absolute atomic E-state index is 0.0466. The van der Waals surface area contributed by atoms with Crippen LogP contribution in [0.5, 0.6) is 0 Å². The van der Waals surface area contributed by atoms with Crippen LogP contribution in [0.2, 0.25) is 5.02 Å². The smallest absolute Gasteiger partial charge is 0.242 e. The van der Waals surface area contributed by atoms with E-state index in [1.165, 1.54) is 9.21 Å². The summed E-state index contributed by atoms with van der Waals surface area (Å²) >= 11 is 6.02. The second-order valence-electron chi connectivity index (χ2n) is 8.27. The first-order valence-corrected chi connectivity index (χ1v) is 13.1. The largest absolute Gasteiger partial charge is 0.352 e. The number of benzene rings is 2. The molecule has 0 unspecified atom stereocenters. The molecule has 0 spiro atoms. The van der Waals surface area contributed by atoms with E-state index in [1.807, 2.05) is 44.2 Å². The van der Waals surface area contributed by atoms with Crippen LogP contribution in [0.4, 0.5) is 5.69 Å². The molecule has 0 radical (unpaired) electrons. The van der Waals surface area contributed by atoms with Crippen LogP contribution in [0.1, 0.15) is 39.2 Å². The Morgan fingerprint density at radius 1 is 1.03 bits per heavy atom. The van der Waals surface area contributed by atoms with Crippen molar-refractivity contribution in [2.75, 3.05) is 17.1 Å². The molecule has 180 valence electrons. The molecule has 33 heavy (non-hydrogen) atoms. The van der Waals surface area contributed by atoms with Crippen molar-refractivity contribution in [3.8, 4) is 0 Å². The first-order valence-electron chi connectivity index (χ1n) is 10.9. The van der Waals surface area contributed by atoms with Crippen molar-refractivity contribution in [2.45, 2.75) is 52.2 Å². The number of nitrogens with zero attached hydrogens (tertiary/aromatic N) is 2. The van der Waals surface area contributed by atoms with Crippen molar-refractivity contribution in [2.24, 2.45) is 0 Å². The fraction of sp³-hybridized carbons (Fsp3) is 0.417. The third-order valence-corrected chi connectivity index (χ3v) is 6.47. The second kappa shape index (κ2) is 12.0. The van der Waals surface area contributed by atoms with Crippen molar-refractivity contribution < 1.29 is 18.0 Å². The van der Waals surface area contributed by atoms with Gasteiger partial charge in [-0.25, -0.2) is 8.42 Å². The molecule has 0 aromatic heterocycles. The lowest BCUT2D eigenvalue weighted by atomic mass is 10.1. The van der Waals surface area contributed by atoms with Gasteiger partial charge in [-0.05, 0) is 51.0 Å². The number of rotatable bonds is 11. The first kappa shape index (κ1) is 26.7. The highest BCUT2D eigenvalue weighted by Crippen LogP contribution is 2.22. The molecule has 2 aromatic carbocycles. The van der Waals surface area contributed by atoms with Crippen LogP contribution in [-0.4, -0.2) is 50.0 Å². The number of carbonyl (C=O) groups excluding carboxylic acids is 2. The van der Waals surface area contributed by atoms with Crippen molar-refractivity contribution >= 4 is 39.1 Å². The standard InChI is InChI=1S/C24H32ClN3O4S/c1-18(2)26-24(30)19(3)27(17-20-10-6-5-7-11-20)23(29)14-9-15-28(33(4,31)32)22-13-8-12-21(25)16-22/h5-8,10-13,16,18-19H,9,14-15,17H2,1-4H3,(H,26,30)/t19-/m0/s1. The van der Waals surface area contributed by atoms with E-state index in [0.29, 0.717) is 17.1 Å². The summed E-state index contributed by atoms with van der Waals surface area (Å²) in [5.74, 6) is -0.448. The molecule has 0 fully saturated rings. The Balaban J connectivity index is 2.14. The number of anilines is 1. The van der Waals surface area contributed by atoms with E-state index in [-0.39, 0.29) is 37.4 Å². The Hall–Kier alpha value is -2.58. The lowest BCUT2D eigenvalue weighted by Gasteiger charge is -2.30. The minimum Gasteiger partial charge on any atom is -0.352 e. The molecule has 7 nitrogen and oxygen atoms in total. The number of nitrogens with one attached hydrogen (secondary N) is 1. The highest BCUT2D eigenvalue weighted by atomic mass is 35.5. The van der Waals surface area contributed by atoms with E-state index < -0.39 is 16.1 Å². The molecule has 0 saturated carbocycles. The summed E-state index contributed by atoms with van der Waals surface area (Å²) in [4.78, 5) is 27.3. The second-order valence-corrected chi connectivity index (χ2v) is 10.6. The number of halogens is 1. The van der Waals surface area contributed by atoms with Crippen molar-refractivity contribution in [1.29, 1.82) is 0 Å². The van der Waals surface area contributed by atoms with E-state index in [0.717, 1.165) is 11.8 Å². The molecule has 2 aromatic rings. The van der Waals surface area contributed by atoms with Gasteiger partial charge in [-0.3, -0.25) is 13.9 Å². The van der Waals surface area contributed by atoms with Crippen LogP contribution < -0.4 is 9.62 Å². The molecule has 2 rings (SSSR count). The number of hydrogen-bond donors (Lipinski definition) is 1. The highest BCUT2D eigenvalue weighted by Gasteiger charge is 2.27. The fourth-order valence-electron chi connectivity index (χ4n) is 3.40. The van der Waals surface area contributed by atoms with E-state index in [9.17, 15) is 18.0 Å². The Morgan fingerprint density at radius 3 is 2.27 bits per heavy atom. The third kappa shape index (κ3) is 8.37. The molecule has 1 N–H and O–H groups in total. The van der Waals surface area contributed by atoms with Crippen LogP contribution in [0, 0.1) is 0 Å². The average Bonchev–Trinajstić information content (AvgIpc) is 2.73. The predicted molar refractivity (Wildman–Crippen MR) is 133 cm³/mol. The maximum absolute atomic E-state index is 13.2. The van der Waals surface area contributed by atoms with Crippen LogP contribution >= 0.6 is 11.6 Å². The Kier molecular flexibility index (Phi) is 9.73. The maximum Gasteiger partial charge on any atom is 0.242 e. The van der Waals surface area contributed by atoms with Gasteiger partial charge < -0.3 is 10.2 Å². The van der Waals surface area contributed by atoms with E-state index >= 15 is 0 Å². The van der Waals surface area contributed by atoms with Gasteiger partial charge in [0.2, 0.25) is 21.8 Å². The van der Waals surface area contributed by atoms with Crippen LogP contribution in [-0.2, 0) is 26.2 Å². The molecule has 0 aliphatic heterocycles. The fourth-order valence-corrected chi connectivity index (χ4v) is 4.54. The number of hydrogen-bond acceptors (Lipinski definition) is 4. The van der Waals surface area contributed by atoms with Crippen LogP contribution in [0.3, 0.4) is 0 Å². The van der Waals surface area contributed by atoms with Crippen LogP contribution in [0.25, 0.3) is 0 Å². The van der Waals surface area contributed by atoms with Gasteiger partial charge in [-0.1, -0.05) is 48.0 Å². The lowest BCUT2D eigenvalue weighted by Crippen LogP contribution is -2.49. The number of sulfonamides is 1. The first-order chi connectivity index (χ1) is 15.5. The van der Waals surface area contributed by atoms with Gasteiger partial charge in [0.1, 0.15) is 6.04 Å². The van der Waals surface area contributed by atoms with Crippen LogP contribution in [0.15, 0.2) is 54.6 Å². The zero-order valence-corrected chi connectivity index (χ0v) is 21.1. The molecular formula is C24H32ClN3O4S.